The van der Waals surface area contributed by atoms with Crippen molar-refractivity contribution in [2.24, 2.45) is 0 Å². The second-order valence-electron chi connectivity index (χ2n) is 4.89. The highest BCUT2D eigenvalue weighted by Crippen LogP contribution is 2.14. The first-order valence-corrected chi connectivity index (χ1v) is 7.47. The van der Waals surface area contributed by atoms with Crippen LogP contribution >= 0.6 is 11.6 Å². The minimum atomic E-state index is -0.469. The molecule has 120 valence electrons. The highest BCUT2D eigenvalue weighted by molar-refractivity contribution is 6.33. The number of carbonyl (C=O) groups is 2. The average Bonchev–Trinajstić information content (AvgIpc) is 2.55. The van der Waals surface area contributed by atoms with Gasteiger partial charge >= 0.3 is 0 Å². The number of benzene rings is 2. The van der Waals surface area contributed by atoms with Crippen molar-refractivity contribution in [3.8, 4) is 5.75 Å². The molecule has 0 fully saturated rings. The quantitative estimate of drug-likeness (QED) is 0.827. The normalized spacial score (nSPS) is 10.0. The van der Waals surface area contributed by atoms with Gasteiger partial charge in [0.15, 0.2) is 0 Å². The van der Waals surface area contributed by atoms with Crippen LogP contribution in [0.1, 0.15) is 22.3 Å². The molecular weight excluding hydrogens is 316 g/mol. The fourth-order valence-corrected chi connectivity index (χ4v) is 2.02. The number of nitrogens with one attached hydrogen (secondary N) is 2. The van der Waals surface area contributed by atoms with Crippen molar-refractivity contribution in [2.75, 3.05) is 6.61 Å². The van der Waals surface area contributed by atoms with Crippen LogP contribution < -0.4 is 15.6 Å². The van der Waals surface area contributed by atoms with E-state index >= 15 is 0 Å². The number of hydrogen-bond acceptors (Lipinski definition) is 3. The Kier molecular flexibility index (Phi) is 6.00. The van der Waals surface area contributed by atoms with Crippen molar-refractivity contribution in [1.29, 1.82) is 0 Å². The molecule has 0 atom stereocenters. The molecule has 2 N–H and O–H groups in total. The Morgan fingerprint density at radius 1 is 1.04 bits per heavy atom. The highest BCUT2D eigenvalue weighted by atomic mass is 35.5. The first-order valence-electron chi connectivity index (χ1n) is 7.09. The minimum Gasteiger partial charge on any atom is -0.493 e. The molecular formula is C17H17ClN2O3. The molecule has 0 radical (unpaired) electrons. The van der Waals surface area contributed by atoms with Crippen LogP contribution in [0.3, 0.4) is 0 Å². The predicted octanol–water partition coefficient (Wildman–Crippen LogP) is 2.88. The molecule has 0 aliphatic heterocycles. The van der Waals surface area contributed by atoms with Crippen LogP contribution in [0.25, 0.3) is 0 Å². The standard InChI is InChI=1S/C17H17ClN2O3/c1-12-6-8-13(9-7-12)23-11-10-16(21)19-20-17(22)14-4-2-3-5-15(14)18/h2-9H,10-11H2,1H3,(H,19,21)(H,20,22). The smallest absolute Gasteiger partial charge is 0.271 e. The van der Waals surface area contributed by atoms with Gasteiger partial charge in [0.1, 0.15) is 5.75 Å². The van der Waals surface area contributed by atoms with Gasteiger partial charge < -0.3 is 4.74 Å². The van der Waals surface area contributed by atoms with Crippen molar-refractivity contribution in [3.63, 3.8) is 0 Å². The Bertz CT molecular complexity index is 686. The molecule has 23 heavy (non-hydrogen) atoms. The number of rotatable bonds is 5. The minimum absolute atomic E-state index is 0.122. The number of amides is 2. The molecule has 2 aromatic rings. The van der Waals surface area contributed by atoms with E-state index in [1.165, 1.54) is 0 Å². The summed E-state index contributed by atoms with van der Waals surface area (Å²) in [5.41, 5.74) is 6.08. The lowest BCUT2D eigenvalue weighted by Gasteiger charge is -2.09. The molecule has 0 aliphatic rings. The Morgan fingerprint density at radius 2 is 1.74 bits per heavy atom. The lowest BCUT2D eigenvalue weighted by molar-refractivity contribution is -0.122. The van der Waals surface area contributed by atoms with Crippen molar-refractivity contribution < 1.29 is 14.3 Å². The van der Waals surface area contributed by atoms with Gasteiger partial charge in [-0.15, -0.1) is 0 Å². The fourth-order valence-electron chi connectivity index (χ4n) is 1.80. The molecule has 0 aliphatic carbocycles. The molecule has 0 saturated heterocycles. The molecule has 0 aromatic heterocycles. The van der Waals surface area contributed by atoms with E-state index in [2.05, 4.69) is 10.9 Å². The third-order valence-electron chi connectivity index (χ3n) is 3.05. The molecule has 0 spiro atoms. The van der Waals surface area contributed by atoms with E-state index in [-0.39, 0.29) is 18.9 Å². The van der Waals surface area contributed by atoms with Crippen molar-refractivity contribution in [3.05, 3.63) is 64.7 Å². The van der Waals surface area contributed by atoms with Gasteiger partial charge in [-0.2, -0.15) is 0 Å². The molecule has 0 saturated carbocycles. The number of hydrazine groups is 1. The lowest BCUT2D eigenvalue weighted by Crippen LogP contribution is -2.42. The molecule has 2 aromatic carbocycles. The molecule has 2 amide bonds. The largest absolute Gasteiger partial charge is 0.493 e. The third kappa shape index (κ3) is 5.30. The summed E-state index contributed by atoms with van der Waals surface area (Å²) in [6, 6.07) is 14.1. The number of halogens is 1. The zero-order valence-corrected chi connectivity index (χ0v) is 13.4. The van der Waals surface area contributed by atoms with Crippen LogP contribution in [0.2, 0.25) is 5.02 Å². The average molecular weight is 333 g/mol. The summed E-state index contributed by atoms with van der Waals surface area (Å²) in [4.78, 5) is 23.5. The van der Waals surface area contributed by atoms with Gasteiger partial charge in [0.25, 0.3) is 5.91 Å². The number of carbonyl (C=O) groups excluding carboxylic acids is 2. The van der Waals surface area contributed by atoms with Gasteiger partial charge in [-0.3, -0.25) is 20.4 Å². The summed E-state index contributed by atoms with van der Waals surface area (Å²) < 4.78 is 5.45. The second-order valence-corrected chi connectivity index (χ2v) is 5.30. The Hall–Kier alpha value is -2.53. The molecule has 0 unspecified atom stereocenters. The zero-order valence-electron chi connectivity index (χ0n) is 12.6. The maximum absolute atomic E-state index is 11.9. The molecule has 6 heteroatoms. The SMILES string of the molecule is Cc1ccc(OCCC(=O)NNC(=O)c2ccccc2Cl)cc1. The summed E-state index contributed by atoms with van der Waals surface area (Å²) in [6.07, 6.45) is 0.122. The van der Waals surface area contributed by atoms with Gasteiger partial charge in [0.2, 0.25) is 5.91 Å². The third-order valence-corrected chi connectivity index (χ3v) is 3.38. The number of ether oxygens (including phenoxy) is 1. The van der Waals surface area contributed by atoms with Crippen LogP contribution in [-0.4, -0.2) is 18.4 Å². The van der Waals surface area contributed by atoms with Crippen LogP contribution in [0.15, 0.2) is 48.5 Å². The number of aryl methyl sites for hydroxylation is 1. The van der Waals surface area contributed by atoms with Gasteiger partial charge in [0.05, 0.1) is 23.6 Å². The van der Waals surface area contributed by atoms with Gasteiger partial charge in [-0.25, -0.2) is 0 Å². The first-order chi connectivity index (χ1) is 11.1. The second kappa shape index (κ2) is 8.19. The highest BCUT2D eigenvalue weighted by Gasteiger charge is 2.10. The summed E-state index contributed by atoms with van der Waals surface area (Å²) in [5.74, 6) is -0.121. The molecule has 5 nitrogen and oxygen atoms in total. The Morgan fingerprint density at radius 3 is 2.43 bits per heavy atom. The van der Waals surface area contributed by atoms with E-state index in [1.807, 2.05) is 31.2 Å². The van der Waals surface area contributed by atoms with E-state index in [1.54, 1.807) is 24.3 Å². The van der Waals surface area contributed by atoms with Crippen LogP contribution in [0, 0.1) is 6.92 Å². The summed E-state index contributed by atoms with van der Waals surface area (Å²) in [5, 5.41) is 0.321. The Balaban J connectivity index is 1.72. The monoisotopic (exact) mass is 332 g/mol. The Labute approximate surface area is 139 Å². The van der Waals surface area contributed by atoms with E-state index in [0.29, 0.717) is 16.3 Å². The van der Waals surface area contributed by atoms with Crippen LogP contribution in [0.4, 0.5) is 0 Å². The topological polar surface area (TPSA) is 67.4 Å². The first kappa shape index (κ1) is 16.8. The molecule has 2 rings (SSSR count). The van der Waals surface area contributed by atoms with E-state index in [4.69, 9.17) is 16.3 Å². The van der Waals surface area contributed by atoms with Crippen LogP contribution in [0.5, 0.6) is 5.75 Å². The maximum atomic E-state index is 11.9. The maximum Gasteiger partial charge on any atom is 0.271 e. The summed E-state index contributed by atoms with van der Waals surface area (Å²) in [6.45, 7) is 2.20. The molecule has 0 heterocycles. The fraction of sp³-hybridized carbons (Fsp3) is 0.176. The summed E-state index contributed by atoms with van der Waals surface area (Å²) >= 11 is 5.90. The lowest BCUT2D eigenvalue weighted by atomic mass is 10.2. The van der Waals surface area contributed by atoms with E-state index < -0.39 is 5.91 Å². The zero-order chi connectivity index (χ0) is 16.7. The van der Waals surface area contributed by atoms with Gasteiger partial charge in [0, 0.05) is 0 Å². The molecule has 0 bridgehead atoms. The van der Waals surface area contributed by atoms with Crippen molar-refractivity contribution >= 4 is 23.4 Å². The van der Waals surface area contributed by atoms with Gasteiger partial charge in [-0.05, 0) is 31.2 Å². The van der Waals surface area contributed by atoms with E-state index in [0.717, 1.165) is 5.56 Å². The van der Waals surface area contributed by atoms with Crippen molar-refractivity contribution in [1.82, 2.24) is 10.9 Å². The van der Waals surface area contributed by atoms with E-state index in [9.17, 15) is 9.59 Å². The van der Waals surface area contributed by atoms with Crippen LogP contribution in [-0.2, 0) is 4.79 Å². The van der Waals surface area contributed by atoms with Gasteiger partial charge in [-0.1, -0.05) is 41.4 Å². The predicted molar refractivity (Wildman–Crippen MR) is 88.4 cm³/mol. The summed E-state index contributed by atoms with van der Waals surface area (Å²) in [7, 11) is 0. The van der Waals surface area contributed by atoms with Crippen molar-refractivity contribution in [2.45, 2.75) is 13.3 Å². The number of hydrogen-bond donors (Lipinski definition) is 2.